The highest BCUT2D eigenvalue weighted by atomic mass is 16.5. The van der Waals surface area contributed by atoms with E-state index < -0.39 is 0 Å². The van der Waals surface area contributed by atoms with E-state index in [2.05, 4.69) is 40.0 Å². The lowest BCUT2D eigenvalue weighted by Crippen LogP contribution is -2.15. The van der Waals surface area contributed by atoms with Gasteiger partial charge in [-0.15, -0.1) is 0 Å². The number of nitrogens with two attached hydrogens (primary N) is 1. The maximum Gasteiger partial charge on any atom is 0.388 e. The van der Waals surface area contributed by atoms with Crippen molar-refractivity contribution in [1.29, 1.82) is 0 Å². The second-order valence-electron chi connectivity index (χ2n) is 5.79. The summed E-state index contributed by atoms with van der Waals surface area (Å²) >= 11 is 0. The third-order valence-electron chi connectivity index (χ3n) is 3.98. The van der Waals surface area contributed by atoms with Crippen LogP contribution < -0.4 is 20.2 Å². The highest BCUT2D eigenvalue weighted by Crippen LogP contribution is 2.31. The third kappa shape index (κ3) is 3.33. The Morgan fingerprint density at radius 2 is 1.72 bits per heavy atom. The number of anilines is 1. The first kappa shape index (κ1) is 16.6. The van der Waals surface area contributed by atoms with Crippen molar-refractivity contribution in [1.82, 2.24) is 4.98 Å². The Morgan fingerprint density at radius 3 is 2.44 bits per heavy atom. The second kappa shape index (κ2) is 6.70. The van der Waals surface area contributed by atoms with Crippen LogP contribution >= 0.6 is 0 Å². The molecule has 3 rings (SSSR count). The van der Waals surface area contributed by atoms with Crippen LogP contribution in [0.15, 0.2) is 30.3 Å². The summed E-state index contributed by atoms with van der Waals surface area (Å²) in [5.41, 5.74) is 10.5. The van der Waals surface area contributed by atoms with Gasteiger partial charge in [0.05, 0.1) is 19.6 Å². The van der Waals surface area contributed by atoms with Crippen LogP contribution in [0.25, 0.3) is 10.9 Å². The summed E-state index contributed by atoms with van der Waals surface area (Å²) in [5, 5.41) is 0.824. The van der Waals surface area contributed by atoms with E-state index in [1.807, 2.05) is 26.0 Å². The van der Waals surface area contributed by atoms with Gasteiger partial charge in [0.2, 0.25) is 5.69 Å². The predicted molar refractivity (Wildman–Crippen MR) is 97.7 cm³/mol. The van der Waals surface area contributed by atoms with Gasteiger partial charge in [-0.25, -0.2) is 4.98 Å². The summed E-state index contributed by atoms with van der Waals surface area (Å²) in [4.78, 5) is 7.39. The number of aromatic amines is 1. The molecule has 3 N–H and O–H groups in total. The molecule has 0 aliphatic heterocycles. The van der Waals surface area contributed by atoms with Crippen LogP contribution in [0.5, 0.6) is 11.5 Å². The van der Waals surface area contributed by atoms with Gasteiger partial charge in [0.1, 0.15) is 5.52 Å². The van der Waals surface area contributed by atoms with E-state index in [4.69, 9.17) is 15.2 Å². The molecule has 0 aliphatic carbocycles. The molecule has 0 amide bonds. The Morgan fingerprint density at radius 1 is 1.00 bits per heavy atom. The molecule has 3 aromatic rings. The summed E-state index contributed by atoms with van der Waals surface area (Å²) in [5.74, 6) is 7.87. The average molecular weight is 334 g/mol. The van der Waals surface area contributed by atoms with Gasteiger partial charge >= 0.3 is 5.95 Å². The summed E-state index contributed by atoms with van der Waals surface area (Å²) in [6, 6.07) is 9.87. The quantitative estimate of drug-likeness (QED) is 0.731. The molecule has 0 aliphatic rings. The highest BCUT2D eigenvalue weighted by Gasteiger charge is 2.15. The minimum Gasteiger partial charge on any atom is -0.493 e. The number of H-pyrrole nitrogens is 1. The lowest BCUT2D eigenvalue weighted by molar-refractivity contribution is -0.330. The first-order valence-corrected chi connectivity index (χ1v) is 7.85. The Hall–Kier alpha value is -3.26. The van der Waals surface area contributed by atoms with Crippen molar-refractivity contribution in [3.05, 3.63) is 52.7 Å². The van der Waals surface area contributed by atoms with E-state index in [0.717, 1.165) is 22.0 Å². The zero-order valence-corrected chi connectivity index (χ0v) is 14.7. The summed E-state index contributed by atoms with van der Waals surface area (Å²) in [6.45, 7) is 4.08. The standard InChI is InChI=1S/C20H19N3O2/c1-12-5-6-13(2)14(9-12)7-8-16-15-10-18(24-3)19(25-4)11-17(15)23-20(21)22-16/h5-6,9-11H,1-4H3,(H2,21,22,23)/p+1. The molecule has 0 saturated carbocycles. The monoisotopic (exact) mass is 334 g/mol. The van der Waals surface area contributed by atoms with Gasteiger partial charge in [0.15, 0.2) is 11.5 Å². The average Bonchev–Trinajstić information content (AvgIpc) is 2.60. The Bertz CT molecular complexity index is 1020. The molecule has 0 unspecified atom stereocenters. The molecule has 0 radical (unpaired) electrons. The van der Waals surface area contributed by atoms with Crippen molar-refractivity contribution in [3.8, 4) is 23.3 Å². The maximum atomic E-state index is 5.90. The molecule has 25 heavy (non-hydrogen) atoms. The Balaban J connectivity index is 2.19. The van der Waals surface area contributed by atoms with Crippen LogP contribution in [-0.2, 0) is 0 Å². The molecule has 2 aromatic carbocycles. The number of benzene rings is 2. The first-order valence-electron chi connectivity index (χ1n) is 7.85. The minimum atomic E-state index is 0.296. The number of fused-ring (bicyclic) bond motifs is 1. The van der Waals surface area contributed by atoms with Crippen molar-refractivity contribution in [2.75, 3.05) is 20.0 Å². The van der Waals surface area contributed by atoms with Gasteiger partial charge in [0.25, 0.3) is 0 Å². The number of nitrogen functional groups attached to an aromatic ring is 1. The van der Waals surface area contributed by atoms with Crippen LogP contribution in [0.4, 0.5) is 5.95 Å². The summed E-state index contributed by atoms with van der Waals surface area (Å²) in [6.07, 6.45) is 0. The number of hydrogen-bond acceptors (Lipinski definition) is 4. The van der Waals surface area contributed by atoms with Crippen LogP contribution in [-0.4, -0.2) is 19.2 Å². The fourth-order valence-electron chi connectivity index (χ4n) is 2.62. The molecule has 5 heteroatoms. The number of aromatic nitrogens is 2. The molecule has 0 bridgehead atoms. The SMILES string of the molecule is COc1cc2[nH+]c(N)nc(C#Cc3cc(C)ccc3C)c2cc1OC. The zero-order valence-electron chi connectivity index (χ0n) is 14.7. The molecular weight excluding hydrogens is 314 g/mol. The summed E-state index contributed by atoms with van der Waals surface area (Å²) < 4.78 is 10.7. The molecular formula is C20H20N3O2+. The first-order chi connectivity index (χ1) is 12.0. The smallest absolute Gasteiger partial charge is 0.388 e. The van der Waals surface area contributed by atoms with Gasteiger partial charge in [0, 0.05) is 11.6 Å². The fourth-order valence-corrected chi connectivity index (χ4v) is 2.62. The largest absolute Gasteiger partial charge is 0.493 e. The number of methoxy groups -OCH3 is 2. The number of aryl methyl sites for hydroxylation is 2. The number of ether oxygens (including phenoxy) is 2. The van der Waals surface area contributed by atoms with Crippen molar-refractivity contribution in [2.24, 2.45) is 0 Å². The predicted octanol–water partition coefficient (Wildman–Crippen LogP) is 2.66. The number of hydrogen-bond donors (Lipinski definition) is 1. The van der Waals surface area contributed by atoms with Crippen molar-refractivity contribution >= 4 is 16.9 Å². The van der Waals surface area contributed by atoms with Crippen LogP contribution in [0.3, 0.4) is 0 Å². The normalized spacial score (nSPS) is 10.2. The fraction of sp³-hybridized carbons (Fsp3) is 0.200. The molecule has 0 atom stereocenters. The van der Waals surface area contributed by atoms with Crippen LogP contribution in [0.1, 0.15) is 22.4 Å². The van der Waals surface area contributed by atoms with Gasteiger partial charge in [-0.2, -0.15) is 0 Å². The van der Waals surface area contributed by atoms with Crippen molar-refractivity contribution in [2.45, 2.75) is 13.8 Å². The zero-order chi connectivity index (χ0) is 18.0. The van der Waals surface area contributed by atoms with E-state index in [0.29, 0.717) is 23.1 Å². The molecule has 1 heterocycles. The van der Waals surface area contributed by atoms with Gasteiger partial charge < -0.3 is 9.47 Å². The highest BCUT2D eigenvalue weighted by molar-refractivity contribution is 5.85. The minimum absolute atomic E-state index is 0.296. The molecule has 126 valence electrons. The summed E-state index contributed by atoms with van der Waals surface area (Å²) in [7, 11) is 3.19. The van der Waals surface area contributed by atoms with E-state index in [9.17, 15) is 0 Å². The molecule has 1 aromatic heterocycles. The van der Waals surface area contributed by atoms with Crippen LogP contribution in [0.2, 0.25) is 0 Å². The van der Waals surface area contributed by atoms with Crippen molar-refractivity contribution < 1.29 is 14.5 Å². The lowest BCUT2D eigenvalue weighted by atomic mass is 10.1. The van der Waals surface area contributed by atoms with E-state index in [1.165, 1.54) is 5.56 Å². The lowest BCUT2D eigenvalue weighted by Gasteiger charge is -2.08. The molecule has 0 saturated heterocycles. The molecule has 0 spiro atoms. The third-order valence-corrected chi connectivity index (χ3v) is 3.98. The number of rotatable bonds is 2. The second-order valence-corrected chi connectivity index (χ2v) is 5.79. The van der Waals surface area contributed by atoms with E-state index in [-0.39, 0.29) is 0 Å². The Labute approximate surface area is 146 Å². The maximum absolute atomic E-state index is 5.90. The van der Waals surface area contributed by atoms with Crippen molar-refractivity contribution in [3.63, 3.8) is 0 Å². The van der Waals surface area contributed by atoms with Gasteiger partial charge in [-0.1, -0.05) is 23.0 Å². The molecule has 5 nitrogen and oxygen atoms in total. The van der Waals surface area contributed by atoms with E-state index >= 15 is 0 Å². The number of nitrogens with zero attached hydrogens (tertiary/aromatic N) is 1. The van der Waals surface area contributed by atoms with E-state index in [1.54, 1.807) is 14.2 Å². The molecule has 0 fully saturated rings. The Kier molecular flexibility index (Phi) is 4.44. The van der Waals surface area contributed by atoms with Crippen LogP contribution in [0, 0.1) is 25.7 Å². The van der Waals surface area contributed by atoms with Gasteiger partial charge in [-0.3, -0.25) is 5.73 Å². The van der Waals surface area contributed by atoms with Gasteiger partial charge in [-0.05, 0) is 43.0 Å². The number of nitrogens with one attached hydrogen (secondary N) is 1. The topological polar surface area (TPSA) is 71.5 Å².